The Kier molecular flexibility index (Phi) is 5.26. The molecular formula is C13H24N2O2. The van der Waals surface area contributed by atoms with Crippen LogP contribution in [0.4, 0.5) is 0 Å². The summed E-state index contributed by atoms with van der Waals surface area (Å²) in [6.07, 6.45) is 7.09. The summed E-state index contributed by atoms with van der Waals surface area (Å²) >= 11 is 0. The van der Waals surface area contributed by atoms with Gasteiger partial charge in [0, 0.05) is 19.3 Å². The highest BCUT2D eigenvalue weighted by atomic mass is 16.5. The maximum absolute atomic E-state index is 11.6. The van der Waals surface area contributed by atoms with Gasteiger partial charge >= 0.3 is 0 Å². The van der Waals surface area contributed by atoms with E-state index in [1.807, 2.05) is 0 Å². The zero-order valence-electron chi connectivity index (χ0n) is 10.5. The molecule has 1 amide bonds. The molecule has 2 rings (SSSR count). The van der Waals surface area contributed by atoms with E-state index in [0.717, 1.165) is 45.4 Å². The third-order valence-electron chi connectivity index (χ3n) is 3.78. The highest BCUT2D eigenvalue weighted by molar-refractivity contribution is 5.78. The van der Waals surface area contributed by atoms with E-state index in [1.165, 1.54) is 12.8 Å². The molecule has 98 valence electrons. The van der Waals surface area contributed by atoms with Crippen molar-refractivity contribution in [2.24, 2.45) is 5.92 Å². The largest absolute Gasteiger partial charge is 0.381 e. The van der Waals surface area contributed by atoms with Crippen LogP contribution in [0.5, 0.6) is 0 Å². The van der Waals surface area contributed by atoms with E-state index < -0.39 is 0 Å². The molecule has 1 saturated heterocycles. The first-order valence-electron chi connectivity index (χ1n) is 6.92. The van der Waals surface area contributed by atoms with Crippen LogP contribution in [0, 0.1) is 5.92 Å². The van der Waals surface area contributed by atoms with Crippen LogP contribution in [0.25, 0.3) is 0 Å². The van der Waals surface area contributed by atoms with Crippen LogP contribution in [0.1, 0.15) is 38.5 Å². The average molecular weight is 240 g/mol. The van der Waals surface area contributed by atoms with Gasteiger partial charge in [0.2, 0.25) is 5.91 Å². The highest BCUT2D eigenvalue weighted by Gasteiger charge is 2.17. The van der Waals surface area contributed by atoms with E-state index in [4.69, 9.17) is 4.74 Å². The number of carbonyl (C=O) groups excluding carboxylic acids is 1. The van der Waals surface area contributed by atoms with Gasteiger partial charge in [-0.3, -0.25) is 4.79 Å². The van der Waals surface area contributed by atoms with Gasteiger partial charge in [0.05, 0.1) is 6.54 Å². The molecule has 4 heteroatoms. The summed E-state index contributed by atoms with van der Waals surface area (Å²) in [4.78, 5) is 11.6. The van der Waals surface area contributed by atoms with Crippen molar-refractivity contribution in [2.45, 2.75) is 44.6 Å². The lowest BCUT2D eigenvalue weighted by atomic mass is 10.0. The highest BCUT2D eigenvalue weighted by Crippen LogP contribution is 2.17. The topological polar surface area (TPSA) is 50.4 Å². The summed E-state index contributed by atoms with van der Waals surface area (Å²) in [5.41, 5.74) is 0. The molecule has 17 heavy (non-hydrogen) atoms. The molecule has 0 aromatic carbocycles. The molecule has 4 nitrogen and oxygen atoms in total. The third-order valence-corrected chi connectivity index (χ3v) is 3.78. The van der Waals surface area contributed by atoms with Gasteiger partial charge in [-0.2, -0.15) is 0 Å². The number of carbonyl (C=O) groups is 1. The molecule has 0 aromatic rings. The number of rotatable bonds is 5. The van der Waals surface area contributed by atoms with Crippen molar-refractivity contribution in [2.75, 3.05) is 26.3 Å². The van der Waals surface area contributed by atoms with Crippen LogP contribution < -0.4 is 10.6 Å². The molecule has 1 aliphatic carbocycles. The zero-order valence-corrected chi connectivity index (χ0v) is 10.5. The maximum atomic E-state index is 11.6. The molecular weight excluding hydrogens is 216 g/mol. The molecule has 2 aliphatic rings. The molecule has 0 aromatic heterocycles. The number of ether oxygens (including phenoxy) is 1. The number of hydrogen-bond donors (Lipinski definition) is 2. The number of amides is 1. The standard InChI is InChI=1S/C13H24N2O2/c16-13(15-12-3-1-2-4-12)10-14-9-11-5-7-17-8-6-11/h11-12,14H,1-10H2,(H,15,16). The molecule has 1 heterocycles. The van der Waals surface area contributed by atoms with Gasteiger partial charge in [-0.1, -0.05) is 12.8 Å². The fourth-order valence-corrected chi connectivity index (χ4v) is 2.69. The van der Waals surface area contributed by atoms with Crippen LogP contribution in [0.2, 0.25) is 0 Å². The lowest BCUT2D eigenvalue weighted by molar-refractivity contribution is -0.120. The van der Waals surface area contributed by atoms with Crippen molar-refractivity contribution in [3.05, 3.63) is 0 Å². The maximum Gasteiger partial charge on any atom is 0.234 e. The van der Waals surface area contributed by atoms with Crippen molar-refractivity contribution >= 4 is 5.91 Å². The zero-order chi connectivity index (χ0) is 11.9. The molecule has 0 radical (unpaired) electrons. The predicted octanol–water partition coefficient (Wildman–Crippen LogP) is 1.06. The average Bonchev–Trinajstić information content (AvgIpc) is 2.83. The second-order valence-electron chi connectivity index (χ2n) is 5.24. The molecule has 0 spiro atoms. The van der Waals surface area contributed by atoms with Gasteiger partial charge in [-0.15, -0.1) is 0 Å². The Bertz CT molecular complexity index is 234. The Balaban J connectivity index is 1.53. The molecule has 1 aliphatic heterocycles. The lowest BCUT2D eigenvalue weighted by Crippen LogP contribution is -2.40. The van der Waals surface area contributed by atoms with Gasteiger partial charge in [0.15, 0.2) is 0 Å². The lowest BCUT2D eigenvalue weighted by Gasteiger charge is -2.22. The number of hydrogen-bond acceptors (Lipinski definition) is 3. The summed E-state index contributed by atoms with van der Waals surface area (Å²) in [6.45, 7) is 3.16. The summed E-state index contributed by atoms with van der Waals surface area (Å²) in [5.74, 6) is 0.840. The van der Waals surface area contributed by atoms with Crippen LogP contribution in [0.15, 0.2) is 0 Å². The minimum absolute atomic E-state index is 0.156. The first kappa shape index (κ1) is 12.8. The second-order valence-corrected chi connectivity index (χ2v) is 5.24. The van der Waals surface area contributed by atoms with Crippen LogP contribution >= 0.6 is 0 Å². The van der Waals surface area contributed by atoms with Crippen LogP contribution in [-0.4, -0.2) is 38.3 Å². The second kappa shape index (κ2) is 6.97. The van der Waals surface area contributed by atoms with E-state index in [1.54, 1.807) is 0 Å². The number of nitrogens with one attached hydrogen (secondary N) is 2. The van der Waals surface area contributed by atoms with Crippen molar-refractivity contribution in [3.8, 4) is 0 Å². The Morgan fingerprint density at radius 3 is 2.53 bits per heavy atom. The third kappa shape index (κ3) is 4.64. The van der Waals surface area contributed by atoms with Crippen LogP contribution in [0.3, 0.4) is 0 Å². The summed E-state index contributed by atoms with van der Waals surface area (Å²) < 4.78 is 5.31. The Morgan fingerprint density at radius 2 is 1.82 bits per heavy atom. The molecule has 0 unspecified atom stereocenters. The molecule has 0 atom stereocenters. The summed E-state index contributed by atoms with van der Waals surface area (Å²) in [6, 6.07) is 0.437. The molecule has 2 fully saturated rings. The van der Waals surface area contributed by atoms with Crippen LogP contribution in [-0.2, 0) is 9.53 Å². The molecule has 0 bridgehead atoms. The SMILES string of the molecule is O=C(CNCC1CCOCC1)NC1CCCC1. The first-order chi connectivity index (χ1) is 8.34. The van der Waals surface area contributed by atoms with Gasteiger partial charge in [0.25, 0.3) is 0 Å². The van der Waals surface area contributed by atoms with E-state index in [0.29, 0.717) is 18.5 Å². The van der Waals surface area contributed by atoms with Crippen molar-refractivity contribution in [1.82, 2.24) is 10.6 Å². The monoisotopic (exact) mass is 240 g/mol. The fourth-order valence-electron chi connectivity index (χ4n) is 2.69. The first-order valence-corrected chi connectivity index (χ1v) is 6.92. The molecule has 2 N–H and O–H groups in total. The predicted molar refractivity (Wildman–Crippen MR) is 66.8 cm³/mol. The van der Waals surface area contributed by atoms with E-state index in [9.17, 15) is 4.79 Å². The van der Waals surface area contributed by atoms with Gasteiger partial charge in [0.1, 0.15) is 0 Å². The van der Waals surface area contributed by atoms with Crippen molar-refractivity contribution < 1.29 is 9.53 Å². The molecule has 1 saturated carbocycles. The minimum Gasteiger partial charge on any atom is -0.381 e. The fraction of sp³-hybridized carbons (Fsp3) is 0.923. The Morgan fingerprint density at radius 1 is 1.12 bits per heavy atom. The summed E-state index contributed by atoms with van der Waals surface area (Å²) in [7, 11) is 0. The van der Waals surface area contributed by atoms with Gasteiger partial charge < -0.3 is 15.4 Å². The van der Waals surface area contributed by atoms with Crippen molar-refractivity contribution in [1.29, 1.82) is 0 Å². The smallest absolute Gasteiger partial charge is 0.234 e. The van der Waals surface area contributed by atoms with E-state index >= 15 is 0 Å². The van der Waals surface area contributed by atoms with Gasteiger partial charge in [-0.05, 0) is 38.1 Å². The summed E-state index contributed by atoms with van der Waals surface area (Å²) in [5, 5.41) is 6.35. The van der Waals surface area contributed by atoms with E-state index in [2.05, 4.69) is 10.6 Å². The van der Waals surface area contributed by atoms with Crippen molar-refractivity contribution in [3.63, 3.8) is 0 Å². The van der Waals surface area contributed by atoms with Gasteiger partial charge in [-0.25, -0.2) is 0 Å². The Hall–Kier alpha value is -0.610. The quantitative estimate of drug-likeness (QED) is 0.755. The minimum atomic E-state index is 0.156. The normalized spacial score (nSPS) is 22.8. The van der Waals surface area contributed by atoms with E-state index in [-0.39, 0.29) is 5.91 Å². The Labute approximate surface area is 103 Å².